The number of hydrogen-bond donors (Lipinski definition) is 1. The number of carboxylic acids is 1. The van der Waals surface area contributed by atoms with Gasteiger partial charge in [-0.25, -0.2) is 9.59 Å². The Hall–Kier alpha value is -2.27. The number of rotatable bonds is 5. The lowest BCUT2D eigenvalue weighted by Crippen LogP contribution is -2.07. The molecule has 5 nitrogen and oxygen atoms in total. The third kappa shape index (κ3) is 3.44. The van der Waals surface area contributed by atoms with Gasteiger partial charge in [-0.1, -0.05) is 18.5 Å². The van der Waals surface area contributed by atoms with Crippen molar-refractivity contribution in [2.45, 2.75) is 13.3 Å². The van der Waals surface area contributed by atoms with E-state index in [0.29, 0.717) is 22.9 Å². The summed E-state index contributed by atoms with van der Waals surface area (Å²) < 4.78 is 10.4. The van der Waals surface area contributed by atoms with Crippen molar-refractivity contribution in [3.05, 3.63) is 51.5 Å². The monoisotopic (exact) mass is 308 g/mol. The molecule has 0 radical (unpaired) electrons. The molecule has 0 amide bonds. The standard InChI is InChI=1S/C15H13ClO5/c1-2-7-20-12-5-3-9(16)8-11(12)10-4-6-13(17)21-14(10)15(18)19/h3-6,8H,2,7H2,1H3,(H,18,19). The Morgan fingerprint density at radius 1 is 1.29 bits per heavy atom. The fourth-order valence-electron chi connectivity index (χ4n) is 1.84. The molecule has 0 bridgehead atoms. The van der Waals surface area contributed by atoms with Crippen LogP contribution < -0.4 is 10.4 Å². The van der Waals surface area contributed by atoms with Crippen molar-refractivity contribution in [1.82, 2.24) is 0 Å². The van der Waals surface area contributed by atoms with Gasteiger partial charge in [-0.3, -0.25) is 0 Å². The summed E-state index contributed by atoms with van der Waals surface area (Å²) in [5.41, 5.74) is -0.0120. The lowest BCUT2D eigenvalue weighted by molar-refractivity contribution is 0.0658. The summed E-state index contributed by atoms with van der Waals surface area (Å²) in [6.07, 6.45) is 0.803. The van der Waals surface area contributed by atoms with Crippen LogP contribution in [0.25, 0.3) is 11.1 Å². The minimum atomic E-state index is -1.33. The molecule has 0 aliphatic carbocycles. The fourth-order valence-corrected chi connectivity index (χ4v) is 2.01. The summed E-state index contributed by atoms with van der Waals surface area (Å²) in [7, 11) is 0. The minimum Gasteiger partial charge on any atom is -0.493 e. The van der Waals surface area contributed by atoms with Gasteiger partial charge in [0, 0.05) is 22.2 Å². The molecule has 21 heavy (non-hydrogen) atoms. The van der Waals surface area contributed by atoms with Gasteiger partial charge in [0.1, 0.15) is 5.75 Å². The van der Waals surface area contributed by atoms with E-state index in [1.165, 1.54) is 6.07 Å². The quantitative estimate of drug-likeness (QED) is 0.915. The van der Waals surface area contributed by atoms with Crippen LogP contribution in [0.2, 0.25) is 5.02 Å². The lowest BCUT2D eigenvalue weighted by Gasteiger charge is -2.12. The van der Waals surface area contributed by atoms with Crippen LogP contribution in [0.3, 0.4) is 0 Å². The van der Waals surface area contributed by atoms with Crippen molar-refractivity contribution in [1.29, 1.82) is 0 Å². The molecular formula is C15H13ClO5. The summed E-state index contributed by atoms with van der Waals surface area (Å²) in [5.74, 6) is -1.28. The summed E-state index contributed by atoms with van der Waals surface area (Å²) in [6.45, 7) is 2.44. The zero-order valence-corrected chi connectivity index (χ0v) is 12.0. The number of benzene rings is 1. The van der Waals surface area contributed by atoms with Crippen LogP contribution in [-0.2, 0) is 0 Å². The van der Waals surface area contributed by atoms with Crippen LogP contribution in [0, 0.1) is 0 Å². The highest BCUT2D eigenvalue weighted by Crippen LogP contribution is 2.34. The van der Waals surface area contributed by atoms with Gasteiger partial charge >= 0.3 is 11.6 Å². The lowest BCUT2D eigenvalue weighted by atomic mass is 10.0. The SMILES string of the molecule is CCCOc1ccc(Cl)cc1-c1ccc(=O)oc1C(=O)O. The van der Waals surface area contributed by atoms with E-state index in [0.717, 1.165) is 12.5 Å². The van der Waals surface area contributed by atoms with Gasteiger partial charge < -0.3 is 14.3 Å². The van der Waals surface area contributed by atoms with E-state index in [1.807, 2.05) is 6.92 Å². The Kier molecular flexibility index (Phi) is 4.65. The van der Waals surface area contributed by atoms with Gasteiger partial charge in [0.25, 0.3) is 0 Å². The Morgan fingerprint density at radius 2 is 2.05 bits per heavy atom. The fraction of sp³-hybridized carbons (Fsp3) is 0.200. The number of aromatic carboxylic acids is 1. The van der Waals surface area contributed by atoms with E-state index in [4.69, 9.17) is 20.8 Å². The predicted octanol–water partition coefficient (Wildman–Crippen LogP) is 3.45. The molecule has 0 atom stereocenters. The molecule has 0 unspecified atom stereocenters. The molecule has 2 rings (SSSR count). The molecule has 110 valence electrons. The third-order valence-corrected chi connectivity index (χ3v) is 2.96. The second-order valence-corrected chi connectivity index (χ2v) is 4.73. The minimum absolute atomic E-state index is 0.246. The maximum absolute atomic E-state index is 11.3. The van der Waals surface area contributed by atoms with Gasteiger partial charge in [0.05, 0.1) is 6.61 Å². The smallest absolute Gasteiger partial charge is 0.372 e. The number of halogens is 1. The Morgan fingerprint density at radius 3 is 2.71 bits per heavy atom. The number of hydrogen-bond acceptors (Lipinski definition) is 4. The molecule has 1 heterocycles. The third-order valence-electron chi connectivity index (χ3n) is 2.72. The van der Waals surface area contributed by atoms with E-state index >= 15 is 0 Å². The number of carboxylic acid groups (broad SMARTS) is 1. The molecular weight excluding hydrogens is 296 g/mol. The van der Waals surface area contributed by atoms with E-state index in [2.05, 4.69) is 0 Å². The highest BCUT2D eigenvalue weighted by Gasteiger charge is 2.19. The average molecular weight is 309 g/mol. The first-order valence-corrected chi connectivity index (χ1v) is 6.71. The van der Waals surface area contributed by atoms with E-state index < -0.39 is 17.4 Å². The molecule has 0 spiro atoms. The summed E-state index contributed by atoms with van der Waals surface area (Å²) in [6, 6.07) is 7.43. The Bertz CT molecular complexity index is 720. The van der Waals surface area contributed by atoms with Crippen LogP contribution in [0.5, 0.6) is 5.75 Å². The van der Waals surface area contributed by atoms with Crippen molar-refractivity contribution in [2.75, 3.05) is 6.61 Å². The molecule has 0 aliphatic rings. The molecule has 1 aromatic carbocycles. The Balaban J connectivity index is 2.62. The highest BCUT2D eigenvalue weighted by molar-refractivity contribution is 6.31. The van der Waals surface area contributed by atoms with E-state index in [9.17, 15) is 14.7 Å². The largest absolute Gasteiger partial charge is 0.493 e. The molecule has 6 heteroatoms. The molecule has 2 aromatic rings. The van der Waals surface area contributed by atoms with Crippen LogP contribution in [0.15, 0.2) is 39.5 Å². The van der Waals surface area contributed by atoms with Crippen molar-refractivity contribution in [3.8, 4) is 16.9 Å². The first kappa shape index (κ1) is 15.1. The van der Waals surface area contributed by atoms with E-state index in [-0.39, 0.29) is 5.56 Å². The van der Waals surface area contributed by atoms with Crippen LogP contribution in [0.4, 0.5) is 0 Å². The van der Waals surface area contributed by atoms with Crippen molar-refractivity contribution in [2.24, 2.45) is 0 Å². The Labute approximate surface area is 125 Å². The maximum atomic E-state index is 11.3. The first-order chi connectivity index (χ1) is 10.0. The molecule has 1 N–H and O–H groups in total. The van der Waals surface area contributed by atoms with Crippen molar-refractivity contribution >= 4 is 17.6 Å². The number of carbonyl (C=O) groups is 1. The molecule has 0 aliphatic heterocycles. The van der Waals surface area contributed by atoms with Crippen LogP contribution in [0.1, 0.15) is 23.9 Å². The second-order valence-electron chi connectivity index (χ2n) is 4.29. The predicted molar refractivity (Wildman–Crippen MR) is 78.2 cm³/mol. The van der Waals surface area contributed by atoms with Crippen molar-refractivity contribution < 1.29 is 19.1 Å². The summed E-state index contributed by atoms with van der Waals surface area (Å²) in [5, 5.41) is 9.61. The van der Waals surface area contributed by atoms with Gasteiger partial charge in [-0.05, 0) is 30.7 Å². The maximum Gasteiger partial charge on any atom is 0.372 e. The van der Waals surface area contributed by atoms with Crippen molar-refractivity contribution in [3.63, 3.8) is 0 Å². The highest BCUT2D eigenvalue weighted by atomic mass is 35.5. The second kappa shape index (κ2) is 6.45. The zero-order chi connectivity index (χ0) is 15.4. The van der Waals surface area contributed by atoms with Crippen LogP contribution in [-0.4, -0.2) is 17.7 Å². The molecule has 0 fully saturated rings. The zero-order valence-electron chi connectivity index (χ0n) is 11.3. The van der Waals surface area contributed by atoms with Gasteiger partial charge in [-0.15, -0.1) is 0 Å². The first-order valence-electron chi connectivity index (χ1n) is 6.33. The summed E-state index contributed by atoms with van der Waals surface area (Å²) in [4.78, 5) is 22.5. The van der Waals surface area contributed by atoms with Gasteiger partial charge in [0.2, 0.25) is 5.76 Å². The van der Waals surface area contributed by atoms with E-state index in [1.54, 1.807) is 18.2 Å². The molecule has 0 saturated heterocycles. The molecule has 1 aromatic heterocycles. The van der Waals surface area contributed by atoms with Crippen LogP contribution >= 0.6 is 11.6 Å². The normalized spacial score (nSPS) is 10.4. The summed E-state index contributed by atoms with van der Waals surface area (Å²) >= 11 is 5.97. The van der Waals surface area contributed by atoms with Gasteiger partial charge in [-0.2, -0.15) is 0 Å². The topological polar surface area (TPSA) is 76.7 Å². The van der Waals surface area contributed by atoms with Gasteiger partial charge in [0.15, 0.2) is 0 Å². The molecule has 0 saturated carbocycles. The number of ether oxygens (including phenoxy) is 1. The average Bonchev–Trinajstić information content (AvgIpc) is 2.46.